The predicted octanol–water partition coefficient (Wildman–Crippen LogP) is 0.294. The van der Waals surface area contributed by atoms with Crippen LogP contribution in [-0.4, -0.2) is 35.7 Å². The van der Waals surface area contributed by atoms with Crippen molar-refractivity contribution in [2.75, 3.05) is 5.43 Å². The van der Waals surface area contributed by atoms with Crippen molar-refractivity contribution in [3.05, 3.63) is 40.2 Å². The second-order valence-electron chi connectivity index (χ2n) is 4.02. The number of amidine groups is 1. The fraction of sp³-hybridized carbons (Fsp3) is 0.100. The second kappa shape index (κ2) is 4.19. The number of fused-ring (bicyclic) bond motifs is 1. The lowest BCUT2D eigenvalue weighted by molar-refractivity contribution is -0.355. The minimum atomic E-state index is -0.949. The highest BCUT2D eigenvalue weighted by atomic mass is 16.6. The Morgan fingerprint density at radius 3 is 2.85 bits per heavy atom. The summed E-state index contributed by atoms with van der Waals surface area (Å²) in [6.07, 6.45) is 1.23. The maximum atomic E-state index is 11.1. The van der Waals surface area contributed by atoms with Gasteiger partial charge in [-0.05, 0) is 22.6 Å². The van der Waals surface area contributed by atoms with E-state index >= 15 is 0 Å². The van der Waals surface area contributed by atoms with E-state index in [4.69, 9.17) is 0 Å². The fourth-order valence-electron chi connectivity index (χ4n) is 1.94. The molecule has 0 amide bonds. The minimum absolute atomic E-state index is 0.244. The van der Waals surface area contributed by atoms with E-state index in [0.29, 0.717) is 5.56 Å². The number of nitrogens with one attached hydrogen (secondary N) is 1. The van der Waals surface area contributed by atoms with Crippen molar-refractivity contribution in [1.29, 1.82) is 0 Å². The molecule has 0 saturated carbocycles. The number of hydrogen-bond acceptors (Lipinski definition) is 8. The van der Waals surface area contributed by atoms with Gasteiger partial charge in [0.2, 0.25) is 0 Å². The van der Waals surface area contributed by atoms with Gasteiger partial charge in [-0.25, -0.2) is 4.68 Å². The summed E-state index contributed by atoms with van der Waals surface area (Å²) in [5.41, 5.74) is 2.77. The first kappa shape index (κ1) is 11.9. The zero-order chi connectivity index (χ0) is 14.3. The lowest BCUT2D eigenvalue weighted by Crippen LogP contribution is -2.33. The first-order chi connectivity index (χ1) is 9.58. The zero-order valence-corrected chi connectivity index (χ0v) is 9.83. The van der Waals surface area contributed by atoms with Gasteiger partial charge < -0.3 is 20.3 Å². The zero-order valence-electron chi connectivity index (χ0n) is 9.83. The van der Waals surface area contributed by atoms with Crippen LogP contribution in [0.15, 0.2) is 29.6 Å². The average molecular weight is 276 g/mol. The van der Waals surface area contributed by atoms with E-state index in [1.54, 1.807) is 0 Å². The molecule has 2 heterocycles. The van der Waals surface area contributed by atoms with E-state index in [1.165, 1.54) is 29.2 Å². The van der Waals surface area contributed by atoms with Crippen LogP contribution >= 0.6 is 0 Å². The van der Waals surface area contributed by atoms with Gasteiger partial charge in [0.1, 0.15) is 6.33 Å². The Hall–Kier alpha value is -3.17. The molecule has 1 aromatic carbocycles. The lowest BCUT2D eigenvalue weighted by Gasteiger charge is -2.18. The SMILES string of the molecule is O=[N+]([O-])C1=NNc2ncnn2C1c1ccc(O)c(O)c1. The van der Waals surface area contributed by atoms with E-state index < -0.39 is 16.8 Å². The third kappa shape index (κ3) is 1.70. The summed E-state index contributed by atoms with van der Waals surface area (Å²) in [6.45, 7) is 0. The number of anilines is 1. The van der Waals surface area contributed by atoms with Crippen molar-refractivity contribution in [2.24, 2.45) is 5.10 Å². The summed E-state index contributed by atoms with van der Waals surface area (Å²) in [6, 6.07) is 2.95. The van der Waals surface area contributed by atoms with E-state index in [1.807, 2.05) is 0 Å². The molecule has 0 spiro atoms. The summed E-state index contributed by atoms with van der Waals surface area (Å²) < 4.78 is 1.27. The van der Waals surface area contributed by atoms with Gasteiger partial charge in [-0.2, -0.15) is 10.1 Å². The number of nitro groups is 1. The van der Waals surface area contributed by atoms with Crippen molar-refractivity contribution >= 4 is 11.8 Å². The Bertz CT molecular complexity index is 724. The van der Waals surface area contributed by atoms with Crippen molar-refractivity contribution in [1.82, 2.24) is 14.8 Å². The quantitative estimate of drug-likeness (QED) is 0.386. The van der Waals surface area contributed by atoms with Crippen LogP contribution in [0.3, 0.4) is 0 Å². The topological polar surface area (TPSA) is 139 Å². The van der Waals surface area contributed by atoms with Gasteiger partial charge in [0.25, 0.3) is 5.95 Å². The largest absolute Gasteiger partial charge is 0.504 e. The van der Waals surface area contributed by atoms with Crippen LogP contribution in [0.25, 0.3) is 0 Å². The Morgan fingerprint density at radius 2 is 2.15 bits per heavy atom. The van der Waals surface area contributed by atoms with Gasteiger partial charge in [0.15, 0.2) is 17.5 Å². The molecule has 3 N–H and O–H groups in total. The van der Waals surface area contributed by atoms with Crippen LogP contribution in [0.2, 0.25) is 0 Å². The summed E-state index contributed by atoms with van der Waals surface area (Å²) in [7, 11) is 0. The van der Waals surface area contributed by atoms with Crippen molar-refractivity contribution < 1.29 is 15.1 Å². The molecule has 1 aliphatic rings. The van der Waals surface area contributed by atoms with Crippen LogP contribution < -0.4 is 5.43 Å². The minimum Gasteiger partial charge on any atom is -0.504 e. The lowest BCUT2D eigenvalue weighted by atomic mass is 10.1. The Kier molecular flexibility index (Phi) is 2.49. The molecule has 0 bridgehead atoms. The first-order valence-corrected chi connectivity index (χ1v) is 5.47. The number of hydrogen-bond donors (Lipinski definition) is 3. The van der Waals surface area contributed by atoms with Gasteiger partial charge in [0, 0.05) is 0 Å². The van der Waals surface area contributed by atoms with Gasteiger partial charge in [-0.1, -0.05) is 6.07 Å². The van der Waals surface area contributed by atoms with Crippen molar-refractivity contribution in [3.8, 4) is 11.5 Å². The molecule has 10 heteroatoms. The van der Waals surface area contributed by atoms with Gasteiger partial charge >= 0.3 is 5.84 Å². The molecule has 0 aliphatic carbocycles. The maximum Gasteiger partial charge on any atom is 0.393 e. The van der Waals surface area contributed by atoms with E-state index in [-0.39, 0.29) is 17.4 Å². The Labute approximate surface area is 111 Å². The highest BCUT2D eigenvalue weighted by Gasteiger charge is 2.37. The summed E-state index contributed by atoms with van der Waals surface area (Å²) in [4.78, 5) is 14.3. The number of hydrazone groups is 1. The van der Waals surface area contributed by atoms with Gasteiger partial charge in [-0.3, -0.25) is 0 Å². The molecule has 2 aromatic rings. The molecule has 3 rings (SSSR count). The number of phenols is 2. The van der Waals surface area contributed by atoms with E-state index in [9.17, 15) is 20.3 Å². The van der Waals surface area contributed by atoms with Crippen molar-refractivity contribution in [3.63, 3.8) is 0 Å². The third-order valence-electron chi connectivity index (χ3n) is 2.83. The second-order valence-corrected chi connectivity index (χ2v) is 4.02. The monoisotopic (exact) mass is 276 g/mol. The number of phenolic OH excluding ortho intramolecular Hbond substituents is 2. The molecule has 1 aromatic heterocycles. The summed E-state index contributed by atoms with van der Waals surface area (Å²) in [5, 5.41) is 37.5. The number of rotatable bonds is 1. The normalized spacial score (nSPS) is 17.0. The standard InChI is InChI=1S/C10H8N6O4/c17-6-2-1-5(3-7(6)18)8-9(16(19)20)13-14-10-11-4-12-15(8)10/h1-4,8,17-18H,(H,11,12,14). The number of nitrogens with zero attached hydrogens (tertiary/aromatic N) is 5. The van der Waals surface area contributed by atoms with Gasteiger partial charge in [0.05, 0.1) is 5.10 Å². The molecule has 1 atom stereocenters. The predicted molar refractivity (Wildman–Crippen MR) is 66.0 cm³/mol. The molecule has 0 radical (unpaired) electrons. The van der Waals surface area contributed by atoms with Crippen molar-refractivity contribution in [2.45, 2.75) is 6.04 Å². The number of aromatic nitrogens is 3. The highest BCUT2D eigenvalue weighted by Crippen LogP contribution is 2.32. The Morgan fingerprint density at radius 1 is 1.35 bits per heavy atom. The Balaban J connectivity index is 2.16. The average Bonchev–Trinajstić information content (AvgIpc) is 2.89. The maximum absolute atomic E-state index is 11.1. The molecule has 20 heavy (non-hydrogen) atoms. The molecule has 10 nitrogen and oxygen atoms in total. The van der Waals surface area contributed by atoms with Crippen LogP contribution in [0.5, 0.6) is 11.5 Å². The molecule has 0 fully saturated rings. The van der Waals surface area contributed by atoms with Crippen LogP contribution in [-0.2, 0) is 0 Å². The van der Waals surface area contributed by atoms with E-state index in [2.05, 4.69) is 20.6 Å². The molecule has 1 aliphatic heterocycles. The first-order valence-electron chi connectivity index (χ1n) is 5.47. The van der Waals surface area contributed by atoms with Crippen LogP contribution in [0.4, 0.5) is 5.95 Å². The number of aromatic hydroxyl groups is 2. The molecule has 1 unspecified atom stereocenters. The molecule has 102 valence electrons. The smallest absolute Gasteiger partial charge is 0.393 e. The summed E-state index contributed by atoms with van der Waals surface area (Å²) in [5.74, 6) is -0.854. The van der Waals surface area contributed by atoms with Crippen LogP contribution in [0, 0.1) is 10.1 Å². The van der Waals surface area contributed by atoms with E-state index in [0.717, 1.165) is 0 Å². The molecular weight excluding hydrogens is 268 g/mol. The summed E-state index contributed by atoms with van der Waals surface area (Å²) >= 11 is 0. The van der Waals surface area contributed by atoms with Crippen LogP contribution in [0.1, 0.15) is 11.6 Å². The molecular formula is C10H8N6O4. The third-order valence-corrected chi connectivity index (χ3v) is 2.83. The molecule has 0 saturated heterocycles. The van der Waals surface area contributed by atoms with Gasteiger partial charge in [-0.15, -0.1) is 5.43 Å². The fourth-order valence-corrected chi connectivity index (χ4v) is 1.94. The number of benzene rings is 1. The highest BCUT2D eigenvalue weighted by molar-refractivity contribution is 5.84.